The van der Waals surface area contributed by atoms with Gasteiger partial charge in [-0.1, -0.05) is 11.6 Å². The lowest BCUT2D eigenvalue weighted by atomic mass is 10.2. The standard InChI is InChI=1S/C13H16ClN3O2/c1-16(2)5-6-17(9-13(18)19)12-4-3-10(8-15)7-11(12)14/h3-4,7H,5-6,9H2,1-2H3,(H,18,19). The van der Waals surface area contributed by atoms with E-state index in [0.717, 1.165) is 0 Å². The molecular formula is C13H16ClN3O2. The van der Waals surface area contributed by atoms with E-state index in [9.17, 15) is 4.79 Å². The van der Waals surface area contributed by atoms with Crippen LogP contribution in [0.1, 0.15) is 5.56 Å². The third-order valence-corrected chi connectivity index (χ3v) is 2.86. The Balaban J connectivity index is 2.96. The minimum atomic E-state index is -0.917. The summed E-state index contributed by atoms with van der Waals surface area (Å²) in [5.41, 5.74) is 1.08. The van der Waals surface area contributed by atoms with E-state index in [-0.39, 0.29) is 6.54 Å². The summed E-state index contributed by atoms with van der Waals surface area (Å²) in [6.07, 6.45) is 0. The molecule has 0 bridgehead atoms. The van der Waals surface area contributed by atoms with Gasteiger partial charge in [0, 0.05) is 13.1 Å². The van der Waals surface area contributed by atoms with Crippen LogP contribution in [0.15, 0.2) is 18.2 Å². The van der Waals surface area contributed by atoms with Gasteiger partial charge >= 0.3 is 5.97 Å². The van der Waals surface area contributed by atoms with Crippen LogP contribution in [0.2, 0.25) is 5.02 Å². The van der Waals surface area contributed by atoms with Crippen molar-refractivity contribution in [3.05, 3.63) is 28.8 Å². The molecule has 0 saturated carbocycles. The Hall–Kier alpha value is -1.77. The van der Waals surface area contributed by atoms with Crippen LogP contribution in [0.4, 0.5) is 5.69 Å². The zero-order valence-corrected chi connectivity index (χ0v) is 11.7. The molecule has 19 heavy (non-hydrogen) atoms. The molecule has 0 aliphatic carbocycles. The average Bonchev–Trinajstić information content (AvgIpc) is 2.34. The number of benzene rings is 1. The Morgan fingerprint density at radius 3 is 2.58 bits per heavy atom. The fourth-order valence-electron chi connectivity index (χ4n) is 1.60. The van der Waals surface area contributed by atoms with Gasteiger partial charge in [-0.15, -0.1) is 0 Å². The van der Waals surface area contributed by atoms with Gasteiger partial charge in [0.1, 0.15) is 6.54 Å². The molecule has 0 fully saturated rings. The number of hydrogen-bond acceptors (Lipinski definition) is 4. The molecule has 0 amide bonds. The summed E-state index contributed by atoms with van der Waals surface area (Å²) >= 11 is 6.10. The first-order valence-electron chi connectivity index (χ1n) is 5.75. The molecule has 0 aromatic heterocycles. The molecule has 102 valence electrons. The van der Waals surface area contributed by atoms with Crippen molar-refractivity contribution in [1.82, 2.24) is 4.90 Å². The van der Waals surface area contributed by atoms with E-state index in [1.54, 1.807) is 23.1 Å². The van der Waals surface area contributed by atoms with E-state index in [1.807, 2.05) is 25.1 Å². The van der Waals surface area contributed by atoms with Gasteiger partial charge in [0.05, 0.1) is 22.3 Å². The molecule has 6 heteroatoms. The van der Waals surface area contributed by atoms with E-state index in [0.29, 0.717) is 29.4 Å². The quantitative estimate of drug-likeness (QED) is 0.859. The largest absolute Gasteiger partial charge is 0.480 e. The monoisotopic (exact) mass is 281 g/mol. The first kappa shape index (κ1) is 15.3. The Morgan fingerprint density at radius 2 is 2.11 bits per heavy atom. The zero-order valence-electron chi connectivity index (χ0n) is 10.9. The number of halogens is 1. The molecule has 0 aliphatic rings. The second-order valence-electron chi connectivity index (χ2n) is 4.40. The smallest absolute Gasteiger partial charge is 0.323 e. The van der Waals surface area contributed by atoms with Crippen molar-refractivity contribution in [2.24, 2.45) is 0 Å². The summed E-state index contributed by atoms with van der Waals surface area (Å²) in [5, 5.41) is 18.1. The van der Waals surface area contributed by atoms with Crippen molar-refractivity contribution < 1.29 is 9.90 Å². The Bertz CT molecular complexity index is 497. The molecule has 0 radical (unpaired) electrons. The van der Waals surface area contributed by atoms with Crippen LogP contribution in [-0.2, 0) is 4.79 Å². The van der Waals surface area contributed by atoms with E-state index < -0.39 is 5.97 Å². The number of hydrogen-bond donors (Lipinski definition) is 1. The molecule has 1 rings (SSSR count). The number of carboxylic acid groups (broad SMARTS) is 1. The third kappa shape index (κ3) is 4.78. The van der Waals surface area contributed by atoms with Crippen molar-refractivity contribution in [3.63, 3.8) is 0 Å². The summed E-state index contributed by atoms with van der Waals surface area (Å²) in [6, 6.07) is 6.85. The number of nitrogens with zero attached hydrogens (tertiary/aromatic N) is 3. The lowest BCUT2D eigenvalue weighted by molar-refractivity contribution is -0.135. The third-order valence-electron chi connectivity index (χ3n) is 2.56. The highest BCUT2D eigenvalue weighted by molar-refractivity contribution is 6.33. The maximum Gasteiger partial charge on any atom is 0.323 e. The summed E-state index contributed by atoms with van der Waals surface area (Å²) in [4.78, 5) is 14.6. The van der Waals surface area contributed by atoms with Gasteiger partial charge in [-0.25, -0.2) is 0 Å². The van der Waals surface area contributed by atoms with Crippen molar-refractivity contribution >= 4 is 23.3 Å². The van der Waals surface area contributed by atoms with Crippen LogP contribution >= 0.6 is 11.6 Å². The lowest BCUT2D eigenvalue weighted by Gasteiger charge is -2.25. The number of nitriles is 1. The van der Waals surface area contributed by atoms with Gasteiger partial charge in [-0.2, -0.15) is 5.26 Å². The van der Waals surface area contributed by atoms with Gasteiger partial charge in [0.15, 0.2) is 0 Å². The van der Waals surface area contributed by atoms with Crippen LogP contribution in [0.3, 0.4) is 0 Å². The average molecular weight is 282 g/mol. The molecule has 0 saturated heterocycles. The lowest BCUT2D eigenvalue weighted by Crippen LogP contribution is -2.35. The zero-order chi connectivity index (χ0) is 14.4. The molecule has 0 heterocycles. The maximum atomic E-state index is 10.9. The molecule has 0 spiro atoms. The maximum absolute atomic E-state index is 10.9. The van der Waals surface area contributed by atoms with Crippen LogP contribution in [-0.4, -0.2) is 49.7 Å². The summed E-state index contributed by atoms with van der Waals surface area (Å²) in [6.45, 7) is 1.13. The first-order valence-corrected chi connectivity index (χ1v) is 6.13. The molecule has 5 nitrogen and oxygen atoms in total. The summed E-state index contributed by atoms with van der Waals surface area (Å²) < 4.78 is 0. The predicted molar refractivity (Wildman–Crippen MR) is 74.6 cm³/mol. The summed E-state index contributed by atoms with van der Waals surface area (Å²) in [5.74, 6) is -0.917. The number of aliphatic carboxylic acids is 1. The van der Waals surface area contributed by atoms with Crippen LogP contribution < -0.4 is 4.90 Å². The molecule has 0 unspecified atom stereocenters. The van der Waals surface area contributed by atoms with Crippen LogP contribution in [0.25, 0.3) is 0 Å². The topological polar surface area (TPSA) is 67.6 Å². The highest BCUT2D eigenvalue weighted by Crippen LogP contribution is 2.26. The van der Waals surface area contributed by atoms with E-state index in [4.69, 9.17) is 22.0 Å². The second-order valence-corrected chi connectivity index (χ2v) is 4.80. The van der Waals surface area contributed by atoms with Crippen molar-refractivity contribution in [1.29, 1.82) is 5.26 Å². The molecule has 1 aromatic carbocycles. The fourth-order valence-corrected chi connectivity index (χ4v) is 1.90. The number of carboxylic acids is 1. The van der Waals surface area contributed by atoms with Gasteiger partial charge in [0.2, 0.25) is 0 Å². The van der Waals surface area contributed by atoms with Gasteiger partial charge in [-0.3, -0.25) is 4.79 Å². The number of carbonyl (C=O) groups is 1. The summed E-state index contributed by atoms with van der Waals surface area (Å²) in [7, 11) is 3.83. The molecular weight excluding hydrogens is 266 g/mol. The SMILES string of the molecule is CN(C)CCN(CC(=O)O)c1ccc(C#N)cc1Cl. The molecule has 0 atom stereocenters. The number of rotatable bonds is 6. The molecule has 1 N–H and O–H groups in total. The highest BCUT2D eigenvalue weighted by Gasteiger charge is 2.14. The molecule has 0 aliphatic heterocycles. The first-order chi connectivity index (χ1) is 8.93. The van der Waals surface area contributed by atoms with E-state index >= 15 is 0 Å². The number of anilines is 1. The van der Waals surface area contributed by atoms with E-state index in [1.165, 1.54) is 0 Å². The normalized spacial score (nSPS) is 10.3. The van der Waals surface area contributed by atoms with Crippen molar-refractivity contribution in [3.8, 4) is 6.07 Å². The molecule has 1 aromatic rings. The van der Waals surface area contributed by atoms with Gasteiger partial charge in [0.25, 0.3) is 0 Å². The Kier molecular flexibility index (Phi) is 5.61. The Morgan fingerprint density at radius 1 is 1.42 bits per heavy atom. The van der Waals surface area contributed by atoms with Gasteiger partial charge < -0.3 is 14.9 Å². The number of likely N-dealkylation sites (N-methyl/N-ethyl adjacent to an activating group) is 1. The van der Waals surface area contributed by atoms with Gasteiger partial charge in [-0.05, 0) is 32.3 Å². The van der Waals surface area contributed by atoms with Crippen molar-refractivity contribution in [2.45, 2.75) is 0 Å². The Labute approximate surface area is 117 Å². The highest BCUT2D eigenvalue weighted by atomic mass is 35.5. The minimum absolute atomic E-state index is 0.126. The minimum Gasteiger partial charge on any atom is -0.480 e. The second kappa shape index (κ2) is 6.98. The fraction of sp³-hybridized carbons (Fsp3) is 0.385. The van der Waals surface area contributed by atoms with E-state index in [2.05, 4.69) is 0 Å². The van der Waals surface area contributed by atoms with Crippen molar-refractivity contribution in [2.75, 3.05) is 38.6 Å². The van der Waals surface area contributed by atoms with Crippen LogP contribution in [0, 0.1) is 11.3 Å². The predicted octanol–water partition coefficient (Wildman–Crippen LogP) is 1.66. The van der Waals surface area contributed by atoms with Crippen LogP contribution in [0.5, 0.6) is 0 Å².